The molecule has 0 saturated carbocycles. The summed E-state index contributed by atoms with van der Waals surface area (Å²) in [7, 11) is 0. The van der Waals surface area contributed by atoms with Crippen LogP contribution in [0.25, 0.3) is 0 Å². The maximum atomic E-state index is 4.21. The van der Waals surface area contributed by atoms with E-state index in [1.165, 1.54) is 16.8 Å². The predicted octanol–water partition coefficient (Wildman–Crippen LogP) is 3.46. The highest BCUT2D eigenvalue weighted by molar-refractivity contribution is 7.80. The van der Waals surface area contributed by atoms with Crippen molar-refractivity contribution in [3.63, 3.8) is 0 Å². The minimum atomic E-state index is 0.567. The van der Waals surface area contributed by atoms with Gasteiger partial charge in [-0.2, -0.15) is 12.6 Å². The Bertz CT molecular complexity index is 294. The molecule has 0 amide bonds. The third-order valence-electron chi connectivity index (χ3n) is 2.34. The van der Waals surface area contributed by atoms with Crippen molar-refractivity contribution in [1.29, 1.82) is 0 Å². The molecule has 0 saturated heterocycles. The van der Waals surface area contributed by atoms with Crippen LogP contribution in [0.2, 0.25) is 0 Å². The fourth-order valence-electron chi connectivity index (χ4n) is 1.59. The molecule has 0 aliphatic rings. The van der Waals surface area contributed by atoms with Crippen molar-refractivity contribution in [2.24, 2.45) is 0 Å². The number of thiol groups is 1. The smallest absolute Gasteiger partial charge is 0.0405 e. The van der Waals surface area contributed by atoms with Crippen LogP contribution in [-0.2, 0) is 0 Å². The molecule has 1 rings (SSSR count). The van der Waals surface area contributed by atoms with Crippen LogP contribution in [0.3, 0.4) is 0 Å². The second kappa shape index (κ2) is 5.30. The Labute approximate surface area is 92.3 Å². The van der Waals surface area contributed by atoms with Gasteiger partial charge in [-0.15, -0.1) is 0 Å². The lowest BCUT2D eigenvalue weighted by Crippen LogP contribution is -2.07. The predicted molar refractivity (Wildman–Crippen MR) is 67.6 cm³/mol. The summed E-state index contributed by atoms with van der Waals surface area (Å²) in [5.41, 5.74) is 4.00. The molecule has 1 aromatic rings. The van der Waals surface area contributed by atoms with E-state index in [2.05, 4.69) is 56.9 Å². The SMILES string of the molecule is Cc1cccc(C(C)C)c1NCCS. The fourth-order valence-corrected chi connectivity index (χ4v) is 1.71. The van der Waals surface area contributed by atoms with Crippen LogP contribution in [0.4, 0.5) is 5.69 Å². The molecule has 1 aromatic carbocycles. The van der Waals surface area contributed by atoms with Crippen LogP contribution < -0.4 is 5.32 Å². The molecular formula is C12H19NS. The molecule has 0 heterocycles. The second-order valence-corrected chi connectivity index (χ2v) is 4.29. The molecule has 0 spiro atoms. The van der Waals surface area contributed by atoms with Gasteiger partial charge in [-0.25, -0.2) is 0 Å². The van der Waals surface area contributed by atoms with Crippen LogP contribution in [0.15, 0.2) is 18.2 Å². The number of para-hydroxylation sites is 1. The quantitative estimate of drug-likeness (QED) is 0.724. The first kappa shape index (κ1) is 11.4. The molecule has 1 nitrogen and oxygen atoms in total. The number of anilines is 1. The molecule has 0 fully saturated rings. The maximum absolute atomic E-state index is 4.21. The van der Waals surface area contributed by atoms with Crippen LogP contribution >= 0.6 is 12.6 Å². The summed E-state index contributed by atoms with van der Waals surface area (Å²) in [4.78, 5) is 0. The van der Waals surface area contributed by atoms with Crippen molar-refractivity contribution >= 4 is 18.3 Å². The van der Waals surface area contributed by atoms with Crippen molar-refractivity contribution in [3.8, 4) is 0 Å². The number of benzene rings is 1. The van der Waals surface area contributed by atoms with E-state index in [0.717, 1.165) is 12.3 Å². The van der Waals surface area contributed by atoms with Crippen molar-refractivity contribution in [3.05, 3.63) is 29.3 Å². The van der Waals surface area contributed by atoms with E-state index < -0.39 is 0 Å². The lowest BCUT2D eigenvalue weighted by molar-refractivity contribution is 0.865. The Balaban J connectivity index is 2.96. The van der Waals surface area contributed by atoms with Crippen molar-refractivity contribution in [1.82, 2.24) is 0 Å². The van der Waals surface area contributed by atoms with E-state index in [-0.39, 0.29) is 0 Å². The number of hydrogen-bond acceptors (Lipinski definition) is 2. The Hall–Kier alpha value is -0.630. The van der Waals surface area contributed by atoms with Gasteiger partial charge in [0, 0.05) is 18.0 Å². The molecule has 0 bridgehead atoms. The van der Waals surface area contributed by atoms with Gasteiger partial charge in [-0.3, -0.25) is 0 Å². The van der Waals surface area contributed by atoms with Crippen molar-refractivity contribution < 1.29 is 0 Å². The summed E-state index contributed by atoms with van der Waals surface area (Å²) in [6.07, 6.45) is 0. The minimum absolute atomic E-state index is 0.567. The third-order valence-corrected chi connectivity index (χ3v) is 2.56. The molecule has 2 heteroatoms. The Morgan fingerprint density at radius 1 is 1.36 bits per heavy atom. The van der Waals surface area contributed by atoms with Gasteiger partial charge in [-0.1, -0.05) is 32.0 Å². The van der Waals surface area contributed by atoms with E-state index in [9.17, 15) is 0 Å². The lowest BCUT2D eigenvalue weighted by atomic mass is 9.98. The maximum Gasteiger partial charge on any atom is 0.0405 e. The Morgan fingerprint density at radius 2 is 2.07 bits per heavy atom. The van der Waals surface area contributed by atoms with Gasteiger partial charge in [-0.05, 0) is 24.0 Å². The highest BCUT2D eigenvalue weighted by atomic mass is 32.1. The lowest BCUT2D eigenvalue weighted by Gasteiger charge is -2.16. The Kier molecular flexibility index (Phi) is 4.33. The molecule has 1 N–H and O–H groups in total. The van der Waals surface area contributed by atoms with Crippen LogP contribution in [-0.4, -0.2) is 12.3 Å². The summed E-state index contributed by atoms with van der Waals surface area (Å²) in [5, 5.41) is 3.44. The number of nitrogens with one attached hydrogen (secondary N) is 1. The molecule has 78 valence electrons. The molecular weight excluding hydrogens is 190 g/mol. The summed E-state index contributed by atoms with van der Waals surface area (Å²) in [6, 6.07) is 6.46. The van der Waals surface area contributed by atoms with Crippen LogP contribution in [0.1, 0.15) is 30.9 Å². The van der Waals surface area contributed by atoms with Gasteiger partial charge < -0.3 is 5.32 Å². The number of aryl methyl sites for hydroxylation is 1. The van der Waals surface area contributed by atoms with E-state index in [1.807, 2.05) is 0 Å². The standard InChI is InChI=1S/C12H19NS/c1-9(2)11-6-4-5-10(3)12(11)13-7-8-14/h4-6,9,13-14H,7-8H2,1-3H3. The average Bonchev–Trinajstić information content (AvgIpc) is 2.15. The first-order valence-corrected chi connectivity index (χ1v) is 5.74. The first-order chi connectivity index (χ1) is 6.66. The molecule has 0 unspecified atom stereocenters. The van der Waals surface area contributed by atoms with Gasteiger partial charge in [0.25, 0.3) is 0 Å². The van der Waals surface area contributed by atoms with E-state index in [1.54, 1.807) is 0 Å². The molecule has 0 aliphatic carbocycles. The fraction of sp³-hybridized carbons (Fsp3) is 0.500. The third kappa shape index (κ3) is 2.68. The summed E-state index contributed by atoms with van der Waals surface area (Å²) >= 11 is 4.21. The van der Waals surface area contributed by atoms with Crippen molar-refractivity contribution in [2.75, 3.05) is 17.6 Å². The van der Waals surface area contributed by atoms with Gasteiger partial charge in [0.1, 0.15) is 0 Å². The zero-order chi connectivity index (χ0) is 10.6. The van der Waals surface area contributed by atoms with Crippen LogP contribution in [0, 0.1) is 6.92 Å². The summed E-state index contributed by atoms with van der Waals surface area (Å²) < 4.78 is 0. The number of rotatable bonds is 4. The molecule has 0 aliphatic heterocycles. The largest absolute Gasteiger partial charge is 0.384 e. The van der Waals surface area contributed by atoms with E-state index >= 15 is 0 Å². The molecule has 14 heavy (non-hydrogen) atoms. The minimum Gasteiger partial charge on any atom is -0.384 e. The number of hydrogen-bond donors (Lipinski definition) is 2. The monoisotopic (exact) mass is 209 g/mol. The van der Waals surface area contributed by atoms with E-state index in [0.29, 0.717) is 5.92 Å². The highest BCUT2D eigenvalue weighted by Gasteiger charge is 2.07. The summed E-state index contributed by atoms with van der Waals surface area (Å²) in [6.45, 7) is 7.52. The Morgan fingerprint density at radius 3 is 2.64 bits per heavy atom. The van der Waals surface area contributed by atoms with Crippen LogP contribution in [0.5, 0.6) is 0 Å². The molecule has 0 radical (unpaired) electrons. The molecule has 0 atom stereocenters. The van der Waals surface area contributed by atoms with Crippen molar-refractivity contribution in [2.45, 2.75) is 26.7 Å². The van der Waals surface area contributed by atoms with Gasteiger partial charge >= 0.3 is 0 Å². The average molecular weight is 209 g/mol. The second-order valence-electron chi connectivity index (χ2n) is 3.84. The highest BCUT2D eigenvalue weighted by Crippen LogP contribution is 2.26. The normalized spacial score (nSPS) is 10.6. The first-order valence-electron chi connectivity index (χ1n) is 5.11. The van der Waals surface area contributed by atoms with E-state index in [4.69, 9.17) is 0 Å². The van der Waals surface area contributed by atoms with Gasteiger partial charge in [0.05, 0.1) is 0 Å². The zero-order valence-electron chi connectivity index (χ0n) is 9.17. The topological polar surface area (TPSA) is 12.0 Å². The van der Waals surface area contributed by atoms with Gasteiger partial charge in [0.15, 0.2) is 0 Å². The summed E-state index contributed by atoms with van der Waals surface area (Å²) in [5.74, 6) is 1.43. The van der Waals surface area contributed by atoms with Gasteiger partial charge in [0.2, 0.25) is 0 Å². The molecule has 0 aromatic heterocycles. The zero-order valence-corrected chi connectivity index (χ0v) is 10.1.